The molecule has 0 aliphatic carbocycles. The Balaban J connectivity index is 2.87. The molecular weight excluding hydrogens is 199 g/mol. The Labute approximate surface area is 86.1 Å². The van der Waals surface area contributed by atoms with Crippen LogP contribution in [0.2, 0.25) is 0 Å². The quantitative estimate of drug-likeness (QED) is 0.579. The molecule has 0 aliphatic rings. The lowest BCUT2D eigenvalue weighted by atomic mass is 10.2. The molecule has 0 spiro atoms. The van der Waals surface area contributed by atoms with Gasteiger partial charge in [0, 0.05) is 13.0 Å². The van der Waals surface area contributed by atoms with E-state index >= 15 is 0 Å². The third kappa shape index (κ3) is 2.95. The number of aromatic nitrogens is 1. The molecule has 0 amide bonds. The summed E-state index contributed by atoms with van der Waals surface area (Å²) in [5.41, 5.74) is -0.202. The molecule has 0 aromatic carbocycles. The van der Waals surface area contributed by atoms with Crippen molar-refractivity contribution in [2.75, 3.05) is 11.9 Å². The van der Waals surface area contributed by atoms with Gasteiger partial charge in [0.25, 0.3) is 0 Å². The number of nitrogens with zero attached hydrogens (tertiary/aromatic N) is 1. The van der Waals surface area contributed by atoms with Crippen molar-refractivity contribution in [3.63, 3.8) is 0 Å². The summed E-state index contributed by atoms with van der Waals surface area (Å²) in [6.07, 6.45) is 6.42. The molecule has 4 nitrogen and oxygen atoms in total. The number of anilines is 1. The van der Waals surface area contributed by atoms with Gasteiger partial charge < -0.3 is 10.4 Å². The highest BCUT2D eigenvalue weighted by molar-refractivity contribution is 5.93. The number of rotatable bonds is 4. The van der Waals surface area contributed by atoms with Crippen LogP contribution in [0.4, 0.5) is 10.2 Å². The van der Waals surface area contributed by atoms with Crippen LogP contribution in [0.1, 0.15) is 16.8 Å². The van der Waals surface area contributed by atoms with Crippen LogP contribution in [0.5, 0.6) is 0 Å². The Morgan fingerprint density at radius 2 is 2.47 bits per heavy atom. The van der Waals surface area contributed by atoms with Crippen LogP contribution < -0.4 is 5.32 Å². The van der Waals surface area contributed by atoms with Gasteiger partial charge in [-0.1, -0.05) is 0 Å². The number of carboxylic acids is 1. The van der Waals surface area contributed by atoms with Gasteiger partial charge in [-0.05, 0) is 6.07 Å². The predicted octanol–water partition coefficient (Wildman–Crippen LogP) is 1.35. The van der Waals surface area contributed by atoms with E-state index in [2.05, 4.69) is 16.2 Å². The van der Waals surface area contributed by atoms with Gasteiger partial charge in [0.05, 0.1) is 6.20 Å². The number of nitrogens with one attached hydrogen (secondary N) is 1. The average Bonchev–Trinajstić information content (AvgIpc) is 2.20. The third-order valence-corrected chi connectivity index (χ3v) is 1.65. The summed E-state index contributed by atoms with van der Waals surface area (Å²) in [6.45, 7) is 0.398. The predicted molar refractivity (Wildman–Crippen MR) is 53.1 cm³/mol. The molecule has 1 rings (SSSR count). The van der Waals surface area contributed by atoms with Crippen LogP contribution in [0.15, 0.2) is 12.3 Å². The Bertz CT molecular complexity index is 412. The second-order valence-corrected chi connectivity index (χ2v) is 2.74. The third-order valence-electron chi connectivity index (χ3n) is 1.65. The van der Waals surface area contributed by atoms with Crippen molar-refractivity contribution in [2.45, 2.75) is 6.42 Å². The lowest BCUT2D eigenvalue weighted by molar-refractivity contribution is 0.0697. The summed E-state index contributed by atoms with van der Waals surface area (Å²) in [6, 6.07) is 0.910. The molecule has 2 N–H and O–H groups in total. The van der Waals surface area contributed by atoms with E-state index in [1.165, 1.54) is 0 Å². The molecule has 1 aromatic heterocycles. The van der Waals surface area contributed by atoms with Crippen molar-refractivity contribution in [1.82, 2.24) is 4.98 Å². The van der Waals surface area contributed by atoms with Crippen LogP contribution in [0.3, 0.4) is 0 Å². The Hall–Kier alpha value is -2.09. The van der Waals surface area contributed by atoms with Crippen molar-refractivity contribution in [3.8, 4) is 12.3 Å². The first-order valence-corrected chi connectivity index (χ1v) is 4.21. The van der Waals surface area contributed by atoms with Crippen LogP contribution in [0, 0.1) is 18.2 Å². The van der Waals surface area contributed by atoms with Gasteiger partial charge in [-0.25, -0.2) is 14.2 Å². The van der Waals surface area contributed by atoms with Gasteiger partial charge in [0.15, 0.2) is 0 Å². The number of carbonyl (C=O) groups is 1. The highest BCUT2D eigenvalue weighted by Crippen LogP contribution is 2.13. The molecule has 0 bridgehead atoms. The summed E-state index contributed by atoms with van der Waals surface area (Å²) >= 11 is 0. The van der Waals surface area contributed by atoms with E-state index in [1.807, 2.05) is 0 Å². The molecule has 0 aliphatic heterocycles. The standard InChI is InChI=1S/C10H9FN2O2/c1-2-3-4-12-9-8(10(14)15)5-7(11)6-13-9/h1,5-6H,3-4H2,(H,12,13)(H,14,15). The fraction of sp³-hybridized carbons (Fsp3) is 0.200. The van der Waals surface area contributed by atoms with Crippen LogP contribution in [0.25, 0.3) is 0 Å². The molecule has 1 heterocycles. The molecule has 5 heteroatoms. The molecule has 0 radical (unpaired) electrons. The average molecular weight is 208 g/mol. The minimum absolute atomic E-state index is 0.124. The highest BCUT2D eigenvalue weighted by Gasteiger charge is 2.11. The van der Waals surface area contributed by atoms with Crippen molar-refractivity contribution in [2.24, 2.45) is 0 Å². The maximum atomic E-state index is 12.7. The number of hydrogen-bond acceptors (Lipinski definition) is 3. The van der Waals surface area contributed by atoms with Gasteiger partial charge in [-0.3, -0.25) is 0 Å². The second-order valence-electron chi connectivity index (χ2n) is 2.74. The fourth-order valence-corrected chi connectivity index (χ4v) is 0.996. The van der Waals surface area contributed by atoms with Gasteiger partial charge in [-0.15, -0.1) is 12.3 Å². The number of carboxylic acid groups (broad SMARTS) is 1. The second kappa shape index (κ2) is 4.96. The zero-order valence-corrected chi connectivity index (χ0v) is 7.83. The van der Waals surface area contributed by atoms with E-state index in [4.69, 9.17) is 11.5 Å². The molecule has 0 fully saturated rings. The van der Waals surface area contributed by atoms with E-state index in [1.54, 1.807) is 0 Å². The van der Waals surface area contributed by atoms with Gasteiger partial charge in [0.2, 0.25) is 0 Å². The lowest BCUT2D eigenvalue weighted by Crippen LogP contribution is -2.09. The zero-order chi connectivity index (χ0) is 11.3. The summed E-state index contributed by atoms with van der Waals surface area (Å²) in [4.78, 5) is 14.4. The number of halogens is 1. The molecule has 0 saturated carbocycles. The molecule has 0 unspecified atom stereocenters. The largest absolute Gasteiger partial charge is 0.478 e. The van der Waals surface area contributed by atoms with Gasteiger partial charge >= 0.3 is 5.97 Å². The summed E-state index contributed by atoms with van der Waals surface area (Å²) < 4.78 is 12.7. The van der Waals surface area contributed by atoms with E-state index in [9.17, 15) is 9.18 Å². The van der Waals surface area contributed by atoms with Crippen LogP contribution >= 0.6 is 0 Å². The topological polar surface area (TPSA) is 62.2 Å². The molecule has 0 saturated heterocycles. The number of hydrogen-bond donors (Lipinski definition) is 2. The van der Waals surface area contributed by atoms with Crippen LogP contribution in [-0.4, -0.2) is 22.6 Å². The maximum absolute atomic E-state index is 12.7. The Kier molecular flexibility index (Phi) is 3.63. The highest BCUT2D eigenvalue weighted by atomic mass is 19.1. The van der Waals surface area contributed by atoms with Crippen molar-refractivity contribution >= 4 is 11.8 Å². The number of pyridine rings is 1. The van der Waals surface area contributed by atoms with Crippen LogP contribution in [-0.2, 0) is 0 Å². The Morgan fingerprint density at radius 3 is 3.07 bits per heavy atom. The minimum atomic E-state index is -1.23. The van der Waals surface area contributed by atoms with Crippen molar-refractivity contribution < 1.29 is 14.3 Å². The maximum Gasteiger partial charge on any atom is 0.339 e. The monoisotopic (exact) mass is 208 g/mol. The van der Waals surface area contributed by atoms with Gasteiger partial charge in [0.1, 0.15) is 17.2 Å². The summed E-state index contributed by atoms with van der Waals surface area (Å²) in [5, 5.41) is 11.5. The number of terminal acetylenes is 1. The molecule has 15 heavy (non-hydrogen) atoms. The normalized spacial score (nSPS) is 9.33. The molecular formula is C10H9FN2O2. The van der Waals surface area contributed by atoms with E-state index in [0.29, 0.717) is 13.0 Å². The summed E-state index contributed by atoms with van der Waals surface area (Å²) in [5.74, 6) is 0.594. The van der Waals surface area contributed by atoms with E-state index < -0.39 is 11.8 Å². The molecule has 1 aromatic rings. The molecule has 78 valence electrons. The van der Waals surface area contributed by atoms with Crippen molar-refractivity contribution in [3.05, 3.63) is 23.6 Å². The number of aromatic carboxylic acids is 1. The van der Waals surface area contributed by atoms with E-state index in [-0.39, 0.29) is 11.4 Å². The zero-order valence-electron chi connectivity index (χ0n) is 7.83. The first-order valence-electron chi connectivity index (χ1n) is 4.21. The first-order chi connectivity index (χ1) is 7.15. The molecule has 0 atom stereocenters. The Morgan fingerprint density at radius 1 is 1.73 bits per heavy atom. The van der Waals surface area contributed by atoms with Crippen molar-refractivity contribution in [1.29, 1.82) is 0 Å². The fourth-order valence-electron chi connectivity index (χ4n) is 0.996. The van der Waals surface area contributed by atoms with Gasteiger partial charge in [-0.2, -0.15) is 0 Å². The lowest BCUT2D eigenvalue weighted by Gasteiger charge is -2.06. The first kappa shape index (κ1) is 11.0. The smallest absolute Gasteiger partial charge is 0.339 e. The van der Waals surface area contributed by atoms with E-state index in [0.717, 1.165) is 12.3 Å². The summed E-state index contributed by atoms with van der Waals surface area (Å²) in [7, 11) is 0. The SMILES string of the molecule is C#CCCNc1ncc(F)cc1C(=O)O. The minimum Gasteiger partial charge on any atom is -0.478 e.